The van der Waals surface area contributed by atoms with Crippen LogP contribution in [0.15, 0.2) is 24.3 Å². The number of benzene rings is 1. The van der Waals surface area contributed by atoms with Gasteiger partial charge in [-0.15, -0.1) is 0 Å². The van der Waals surface area contributed by atoms with E-state index in [4.69, 9.17) is 4.74 Å². The molecule has 6 heteroatoms. The molecule has 0 saturated heterocycles. The van der Waals surface area contributed by atoms with E-state index >= 15 is 0 Å². The minimum Gasteiger partial charge on any atom is -0.483 e. The van der Waals surface area contributed by atoms with Crippen molar-refractivity contribution in [2.75, 3.05) is 6.54 Å². The molecule has 0 heterocycles. The number of nitrogens with one attached hydrogen (secondary N) is 1. The van der Waals surface area contributed by atoms with Crippen LogP contribution in [0, 0.1) is 21.4 Å². The highest BCUT2D eigenvalue weighted by atomic mass is 16.6. The molecule has 1 aromatic carbocycles. The predicted octanol–water partition coefficient (Wildman–Crippen LogP) is 2.79. The Morgan fingerprint density at radius 3 is 3.00 bits per heavy atom. The van der Waals surface area contributed by atoms with Crippen LogP contribution in [0.4, 0.5) is 5.69 Å². The maximum absolute atomic E-state index is 11.0. The van der Waals surface area contributed by atoms with Gasteiger partial charge in [-0.05, 0) is 31.9 Å². The summed E-state index contributed by atoms with van der Waals surface area (Å²) in [6, 6.07) is 8.71. The Balaban J connectivity index is 2.13. The molecule has 1 aliphatic rings. The van der Waals surface area contributed by atoms with Crippen molar-refractivity contribution in [3.8, 4) is 11.8 Å². The fraction of sp³-hybridized carbons (Fsp3) is 0.533. The summed E-state index contributed by atoms with van der Waals surface area (Å²) in [7, 11) is 0. The van der Waals surface area contributed by atoms with Crippen molar-refractivity contribution in [3.05, 3.63) is 34.4 Å². The molecule has 0 amide bonds. The van der Waals surface area contributed by atoms with E-state index in [1.165, 1.54) is 6.07 Å². The summed E-state index contributed by atoms with van der Waals surface area (Å²) in [5.41, 5.74) is -0.615. The van der Waals surface area contributed by atoms with Gasteiger partial charge in [0.05, 0.1) is 11.0 Å². The first-order chi connectivity index (χ1) is 10.1. The molecule has 1 N–H and O–H groups in total. The van der Waals surface area contributed by atoms with E-state index < -0.39 is 10.5 Å². The van der Waals surface area contributed by atoms with E-state index in [1.54, 1.807) is 18.2 Å². The fourth-order valence-electron chi connectivity index (χ4n) is 2.85. The van der Waals surface area contributed by atoms with Crippen molar-refractivity contribution < 1.29 is 9.66 Å². The van der Waals surface area contributed by atoms with Gasteiger partial charge in [-0.25, -0.2) is 0 Å². The van der Waals surface area contributed by atoms with Crippen LogP contribution in [0.5, 0.6) is 5.75 Å². The van der Waals surface area contributed by atoms with Crippen LogP contribution in [0.2, 0.25) is 0 Å². The summed E-state index contributed by atoms with van der Waals surface area (Å²) in [6.45, 7) is 2.68. The number of hydrogen-bond acceptors (Lipinski definition) is 5. The zero-order chi connectivity index (χ0) is 15.3. The molecule has 1 saturated carbocycles. The number of nitro benzene ring substituents is 1. The lowest BCUT2D eigenvalue weighted by Crippen LogP contribution is -2.49. The van der Waals surface area contributed by atoms with Crippen molar-refractivity contribution in [2.45, 2.75) is 44.2 Å². The monoisotopic (exact) mass is 289 g/mol. The number of nitriles is 1. The van der Waals surface area contributed by atoms with Crippen molar-refractivity contribution in [3.63, 3.8) is 0 Å². The summed E-state index contributed by atoms with van der Waals surface area (Å²) in [5, 5.41) is 23.7. The first kappa shape index (κ1) is 15.3. The number of para-hydroxylation sites is 2. The zero-order valence-corrected chi connectivity index (χ0v) is 12.0. The minimum absolute atomic E-state index is 0.0333. The standard InChI is InChI=1S/C15H19N3O3/c1-2-17-15(11-16)9-5-6-12(10-15)21-14-8-4-3-7-13(14)18(19)20/h3-4,7-8,12,17H,2,5-6,9-10H2,1H3. The first-order valence-electron chi connectivity index (χ1n) is 7.16. The van der Waals surface area contributed by atoms with Crippen LogP contribution >= 0.6 is 0 Å². The third kappa shape index (κ3) is 3.50. The highest BCUT2D eigenvalue weighted by molar-refractivity contribution is 5.45. The van der Waals surface area contributed by atoms with E-state index in [2.05, 4.69) is 11.4 Å². The largest absolute Gasteiger partial charge is 0.483 e. The lowest BCUT2D eigenvalue weighted by molar-refractivity contribution is -0.386. The second-order valence-corrected chi connectivity index (χ2v) is 5.29. The number of ether oxygens (including phenoxy) is 1. The van der Waals surface area contributed by atoms with Gasteiger partial charge in [-0.3, -0.25) is 15.4 Å². The van der Waals surface area contributed by atoms with E-state index in [0.29, 0.717) is 13.0 Å². The minimum atomic E-state index is -0.582. The SMILES string of the molecule is CCNC1(C#N)CCCC(Oc2ccccc2[N+](=O)[O-])C1. The number of rotatable bonds is 5. The molecule has 6 nitrogen and oxygen atoms in total. The predicted molar refractivity (Wildman–Crippen MR) is 78.0 cm³/mol. The summed E-state index contributed by atoms with van der Waals surface area (Å²) in [5.74, 6) is 0.276. The molecule has 1 aliphatic carbocycles. The Morgan fingerprint density at radius 1 is 1.57 bits per heavy atom. The van der Waals surface area contributed by atoms with Gasteiger partial charge in [-0.2, -0.15) is 5.26 Å². The van der Waals surface area contributed by atoms with Crippen LogP contribution in [0.3, 0.4) is 0 Å². The Labute approximate surface area is 123 Å². The average molecular weight is 289 g/mol. The summed E-state index contributed by atoms with van der Waals surface area (Å²) < 4.78 is 5.82. The molecule has 0 radical (unpaired) electrons. The molecule has 2 atom stereocenters. The summed E-state index contributed by atoms with van der Waals surface area (Å²) >= 11 is 0. The van der Waals surface area contributed by atoms with Gasteiger partial charge < -0.3 is 4.74 Å². The van der Waals surface area contributed by atoms with Crippen LogP contribution in [-0.2, 0) is 0 Å². The third-order valence-corrected chi connectivity index (χ3v) is 3.79. The summed E-state index contributed by atoms with van der Waals surface area (Å²) in [4.78, 5) is 10.6. The van der Waals surface area contributed by atoms with E-state index in [1.807, 2.05) is 6.92 Å². The van der Waals surface area contributed by atoms with Gasteiger partial charge in [0.15, 0.2) is 5.75 Å². The topological polar surface area (TPSA) is 88.2 Å². The van der Waals surface area contributed by atoms with E-state index in [9.17, 15) is 15.4 Å². The van der Waals surface area contributed by atoms with E-state index in [-0.39, 0.29) is 17.5 Å². The molecule has 1 fully saturated rings. The maximum atomic E-state index is 11.0. The number of nitrogens with zero attached hydrogens (tertiary/aromatic N) is 2. The number of hydrogen-bond donors (Lipinski definition) is 1. The smallest absolute Gasteiger partial charge is 0.310 e. The quantitative estimate of drug-likeness (QED) is 0.665. The second kappa shape index (κ2) is 6.55. The molecule has 0 spiro atoms. The Morgan fingerprint density at radius 2 is 2.33 bits per heavy atom. The van der Waals surface area contributed by atoms with Crippen LogP contribution in [0.25, 0.3) is 0 Å². The molecule has 0 aliphatic heterocycles. The van der Waals surface area contributed by atoms with Gasteiger partial charge >= 0.3 is 5.69 Å². The highest BCUT2D eigenvalue weighted by Gasteiger charge is 2.37. The van der Waals surface area contributed by atoms with Crippen LogP contribution < -0.4 is 10.1 Å². The molecule has 21 heavy (non-hydrogen) atoms. The van der Waals surface area contributed by atoms with Gasteiger partial charge in [-0.1, -0.05) is 19.1 Å². The number of nitro groups is 1. The van der Waals surface area contributed by atoms with Crippen LogP contribution in [0.1, 0.15) is 32.6 Å². The Kier molecular flexibility index (Phi) is 4.76. The molecule has 0 aromatic heterocycles. The molecule has 2 rings (SSSR count). The van der Waals surface area contributed by atoms with Gasteiger partial charge in [0.25, 0.3) is 0 Å². The first-order valence-corrected chi connectivity index (χ1v) is 7.16. The fourth-order valence-corrected chi connectivity index (χ4v) is 2.85. The lowest BCUT2D eigenvalue weighted by atomic mass is 9.81. The van der Waals surface area contributed by atoms with E-state index in [0.717, 1.165) is 19.3 Å². The Bertz CT molecular complexity index is 551. The zero-order valence-electron chi connectivity index (χ0n) is 12.0. The van der Waals surface area contributed by atoms with Crippen LogP contribution in [-0.4, -0.2) is 23.1 Å². The summed E-state index contributed by atoms with van der Waals surface area (Å²) in [6.07, 6.45) is 2.82. The Hall–Kier alpha value is -2.13. The van der Waals surface area contributed by atoms with Crippen molar-refractivity contribution >= 4 is 5.69 Å². The molecular formula is C15H19N3O3. The van der Waals surface area contributed by atoms with Gasteiger partial charge in [0.1, 0.15) is 11.6 Å². The van der Waals surface area contributed by atoms with Gasteiger partial charge in [0.2, 0.25) is 0 Å². The molecule has 112 valence electrons. The maximum Gasteiger partial charge on any atom is 0.310 e. The third-order valence-electron chi connectivity index (χ3n) is 3.79. The van der Waals surface area contributed by atoms with Gasteiger partial charge in [0, 0.05) is 12.5 Å². The molecule has 1 aromatic rings. The average Bonchev–Trinajstić information content (AvgIpc) is 2.48. The molecular weight excluding hydrogens is 270 g/mol. The molecule has 0 bridgehead atoms. The second-order valence-electron chi connectivity index (χ2n) is 5.29. The highest BCUT2D eigenvalue weighted by Crippen LogP contribution is 2.33. The molecule has 2 unspecified atom stereocenters. The van der Waals surface area contributed by atoms with Crippen molar-refractivity contribution in [1.29, 1.82) is 5.26 Å². The van der Waals surface area contributed by atoms with Crippen molar-refractivity contribution in [2.24, 2.45) is 0 Å². The van der Waals surface area contributed by atoms with Crippen molar-refractivity contribution in [1.82, 2.24) is 5.32 Å². The normalized spacial score (nSPS) is 25.0. The lowest BCUT2D eigenvalue weighted by Gasteiger charge is -2.36.